The summed E-state index contributed by atoms with van der Waals surface area (Å²) in [6, 6.07) is 9.03. The molecule has 142 valence electrons. The van der Waals surface area contributed by atoms with Crippen molar-refractivity contribution < 1.29 is 28.1 Å². The van der Waals surface area contributed by atoms with Gasteiger partial charge in [0, 0.05) is 18.1 Å². The first-order valence-electron chi connectivity index (χ1n) is 8.09. The molecule has 2 aromatic carbocycles. The summed E-state index contributed by atoms with van der Waals surface area (Å²) < 4.78 is 35.1. The topological polar surface area (TPSA) is 69.6 Å². The van der Waals surface area contributed by atoms with Crippen molar-refractivity contribution in [3.05, 3.63) is 53.3 Å². The molecule has 2 aromatic rings. The van der Waals surface area contributed by atoms with E-state index in [4.69, 9.17) is 18.9 Å². The van der Waals surface area contributed by atoms with Gasteiger partial charge in [-0.1, -0.05) is 0 Å². The van der Waals surface area contributed by atoms with Crippen LogP contribution in [0.5, 0.6) is 17.2 Å². The molecule has 0 N–H and O–H groups in total. The number of amides is 1. The number of nitrogens with zero attached hydrogens (tertiary/aromatic N) is 2. The van der Waals surface area contributed by atoms with Crippen LogP contribution in [0.2, 0.25) is 0 Å². The van der Waals surface area contributed by atoms with Crippen molar-refractivity contribution in [2.24, 2.45) is 5.10 Å². The maximum atomic E-state index is 13.2. The molecule has 3 rings (SSSR count). The molecular formula is C19H19FN2O5. The first-order valence-corrected chi connectivity index (χ1v) is 8.09. The molecule has 27 heavy (non-hydrogen) atoms. The molecule has 1 amide bonds. The Morgan fingerprint density at radius 1 is 1.07 bits per heavy atom. The Kier molecular flexibility index (Phi) is 5.16. The normalized spacial score (nSPS) is 15.8. The van der Waals surface area contributed by atoms with Crippen LogP contribution in [-0.2, 0) is 9.53 Å². The summed E-state index contributed by atoms with van der Waals surface area (Å²) >= 11 is 0. The molecule has 1 aliphatic rings. The van der Waals surface area contributed by atoms with Gasteiger partial charge in [-0.15, -0.1) is 5.10 Å². The minimum absolute atomic E-state index is 0.212. The molecule has 0 bridgehead atoms. The number of methoxy groups -OCH3 is 3. The van der Waals surface area contributed by atoms with Crippen LogP contribution in [0, 0.1) is 5.82 Å². The zero-order valence-corrected chi connectivity index (χ0v) is 15.4. The Hall–Kier alpha value is -3.29. The fraction of sp³-hybridized carbons (Fsp3) is 0.263. The van der Waals surface area contributed by atoms with E-state index in [0.29, 0.717) is 28.4 Å². The second-order valence-electron chi connectivity index (χ2n) is 5.70. The van der Waals surface area contributed by atoms with Gasteiger partial charge in [-0.2, -0.15) is 5.01 Å². The molecule has 0 unspecified atom stereocenters. The quantitative estimate of drug-likeness (QED) is 0.804. The molecule has 1 aliphatic heterocycles. The van der Waals surface area contributed by atoms with E-state index in [0.717, 1.165) is 0 Å². The van der Waals surface area contributed by atoms with E-state index >= 15 is 0 Å². The van der Waals surface area contributed by atoms with Crippen LogP contribution < -0.4 is 14.2 Å². The molecule has 1 heterocycles. The van der Waals surface area contributed by atoms with E-state index in [2.05, 4.69) is 5.10 Å². The van der Waals surface area contributed by atoms with Crippen LogP contribution in [0.3, 0.4) is 0 Å². The van der Waals surface area contributed by atoms with Crippen LogP contribution in [0.15, 0.2) is 41.5 Å². The summed E-state index contributed by atoms with van der Waals surface area (Å²) in [7, 11) is 4.50. The molecule has 0 aromatic heterocycles. The highest BCUT2D eigenvalue weighted by atomic mass is 19.1. The molecule has 0 fully saturated rings. The van der Waals surface area contributed by atoms with E-state index in [9.17, 15) is 9.18 Å². The summed E-state index contributed by atoms with van der Waals surface area (Å²) in [5, 5.41) is 5.45. The summed E-state index contributed by atoms with van der Waals surface area (Å²) in [4.78, 5) is 12.1. The van der Waals surface area contributed by atoms with Crippen molar-refractivity contribution >= 4 is 11.8 Å². The molecule has 0 saturated heterocycles. The zero-order valence-electron chi connectivity index (χ0n) is 15.4. The van der Waals surface area contributed by atoms with E-state index in [1.54, 1.807) is 12.1 Å². The van der Waals surface area contributed by atoms with E-state index < -0.39 is 6.23 Å². The molecule has 0 aliphatic carbocycles. The summed E-state index contributed by atoms with van der Waals surface area (Å²) in [5.74, 6) is 0.802. The molecule has 0 saturated carbocycles. The van der Waals surface area contributed by atoms with Gasteiger partial charge in [-0.25, -0.2) is 4.39 Å². The Labute approximate surface area is 155 Å². The maximum absolute atomic E-state index is 13.2. The van der Waals surface area contributed by atoms with Gasteiger partial charge in [0.15, 0.2) is 11.5 Å². The minimum Gasteiger partial charge on any atom is -0.493 e. The van der Waals surface area contributed by atoms with Gasteiger partial charge in [-0.3, -0.25) is 4.79 Å². The number of hydrogen-bond donors (Lipinski definition) is 0. The predicted octanol–water partition coefficient (Wildman–Crippen LogP) is 3.09. The van der Waals surface area contributed by atoms with E-state index in [-0.39, 0.29) is 17.6 Å². The molecule has 0 radical (unpaired) electrons. The van der Waals surface area contributed by atoms with Crippen LogP contribution in [0.1, 0.15) is 24.3 Å². The summed E-state index contributed by atoms with van der Waals surface area (Å²) in [6.45, 7) is 1.38. The molecule has 0 spiro atoms. The number of hydrazone groups is 1. The Balaban J connectivity index is 2.01. The molecular weight excluding hydrogens is 355 g/mol. The number of benzene rings is 2. The average molecular weight is 374 g/mol. The second-order valence-corrected chi connectivity index (χ2v) is 5.70. The lowest BCUT2D eigenvalue weighted by atomic mass is 10.1. The molecule has 7 nitrogen and oxygen atoms in total. The summed E-state index contributed by atoms with van der Waals surface area (Å²) in [6.07, 6.45) is -0.823. The average Bonchev–Trinajstić information content (AvgIpc) is 3.13. The number of halogens is 1. The largest absolute Gasteiger partial charge is 0.493 e. The van der Waals surface area contributed by atoms with Crippen molar-refractivity contribution in [3.8, 4) is 17.2 Å². The number of ether oxygens (including phenoxy) is 4. The van der Waals surface area contributed by atoms with Crippen LogP contribution in [0.4, 0.5) is 4.39 Å². The standard InChI is InChI=1S/C19H19FN2O5/c1-11(23)22-19(27-18(21-22)12-5-7-14(20)8-6-12)13-9-15(24-2)17(26-4)16(10-13)25-3/h5-10,19H,1-4H3/t19-/m1/s1. The highest BCUT2D eigenvalue weighted by Crippen LogP contribution is 2.42. The zero-order chi connectivity index (χ0) is 19.6. The lowest BCUT2D eigenvalue weighted by molar-refractivity contribution is -0.135. The number of carbonyl (C=O) groups is 1. The van der Waals surface area contributed by atoms with Gasteiger partial charge in [0.25, 0.3) is 0 Å². The summed E-state index contributed by atoms with van der Waals surface area (Å²) in [5.41, 5.74) is 1.14. The molecule has 8 heteroatoms. The lowest BCUT2D eigenvalue weighted by Crippen LogP contribution is -2.25. The third kappa shape index (κ3) is 3.51. The third-order valence-corrected chi connectivity index (χ3v) is 4.03. The maximum Gasteiger partial charge on any atom is 0.243 e. The van der Waals surface area contributed by atoms with E-state index in [1.807, 2.05) is 0 Å². The van der Waals surface area contributed by atoms with Gasteiger partial charge >= 0.3 is 0 Å². The van der Waals surface area contributed by atoms with E-state index in [1.165, 1.54) is 57.5 Å². The predicted molar refractivity (Wildman–Crippen MR) is 95.4 cm³/mol. The monoisotopic (exact) mass is 374 g/mol. The van der Waals surface area contributed by atoms with Gasteiger partial charge in [-0.05, 0) is 36.4 Å². The van der Waals surface area contributed by atoms with Gasteiger partial charge < -0.3 is 18.9 Å². The second kappa shape index (κ2) is 7.53. The van der Waals surface area contributed by atoms with Gasteiger partial charge in [0.2, 0.25) is 23.8 Å². The fourth-order valence-electron chi connectivity index (χ4n) is 2.74. The Morgan fingerprint density at radius 3 is 2.15 bits per heavy atom. The number of hydrogen-bond acceptors (Lipinski definition) is 6. The lowest BCUT2D eigenvalue weighted by Gasteiger charge is -2.21. The smallest absolute Gasteiger partial charge is 0.243 e. The first kappa shape index (κ1) is 18.5. The Morgan fingerprint density at radius 2 is 1.67 bits per heavy atom. The number of rotatable bonds is 5. The van der Waals surface area contributed by atoms with Crippen molar-refractivity contribution in [2.75, 3.05) is 21.3 Å². The first-order chi connectivity index (χ1) is 13.0. The minimum atomic E-state index is -0.823. The van der Waals surface area contributed by atoms with Gasteiger partial charge in [0.05, 0.1) is 21.3 Å². The van der Waals surface area contributed by atoms with Gasteiger partial charge in [0.1, 0.15) is 5.82 Å². The number of carbonyl (C=O) groups excluding carboxylic acids is 1. The van der Waals surface area contributed by atoms with Crippen molar-refractivity contribution in [1.82, 2.24) is 5.01 Å². The SMILES string of the molecule is COc1cc([C@H]2OC(c3ccc(F)cc3)=NN2C(C)=O)cc(OC)c1OC. The van der Waals surface area contributed by atoms with Crippen molar-refractivity contribution in [3.63, 3.8) is 0 Å². The molecule has 1 atom stereocenters. The van der Waals surface area contributed by atoms with Crippen LogP contribution in [0.25, 0.3) is 0 Å². The highest BCUT2D eigenvalue weighted by Gasteiger charge is 2.34. The van der Waals surface area contributed by atoms with Crippen LogP contribution in [-0.4, -0.2) is 38.1 Å². The van der Waals surface area contributed by atoms with Crippen LogP contribution >= 0.6 is 0 Å². The highest BCUT2D eigenvalue weighted by molar-refractivity contribution is 5.96. The van der Waals surface area contributed by atoms with Crippen molar-refractivity contribution in [2.45, 2.75) is 13.2 Å². The fourth-order valence-corrected chi connectivity index (χ4v) is 2.74. The third-order valence-electron chi connectivity index (χ3n) is 4.03. The Bertz CT molecular complexity index is 857. The van der Waals surface area contributed by atoms with Crippen molar-refractivity contribution in [1.29, 1.82) is 0 Å².